The molecule has 1 unspecified atom stereocenters. The van der Waals surface area contributed by atoms with Crippen molar-refractivity contribution in [2.24, 2.45) is 29.6 Å². The summed E-state index contributed by atoms with van der Waals surface area (Å²) in [5.74, 6) is 5.13. The summed E-state index contributed by atoms with van der Waals surface area (Å²) in [5, 5.41) is 3.54. The van der Waals surface area contributed by atoms with Gasteiger partial charge in [-0.25, -0.2) is 0 Å². The number of hydrogen-bond acceptors (Lipinski definition) is 2. The quantitative estimate of drug-likeness (QED) is 0.762. The van der Waals surface area contributed by atoms with Crippen LogP contribution in [0.3, 0.4) is 0 Å². The van der Waals surface area contributed by atoms with E-state index in [1.54, 1.807) is 0 Å². The van der Waals surface area contributed by atoms with Crippen LogP contribution >= 0.6 is 0 Å². The molecule has 5 rings (SSSR count). The van der Waals surface area contributed by atoms with E-state index in [1.165, 1.54) is 32.1 Å². The molecule has 3 heteroatoms. The molecule has 18 heavy (non-hydrogen) atoms. The van der Waals surface area contributed by atoms with Crippen molar-refractivity contribution < 1.29 is 4.79 Å². The molecule has 3 nitrogen and oxygen atoms in total. The van der Waals surface area contributed by atoms with Gasteiger partial charge >= 0.3 is 0 Å². The summed E-state index contributed by atoms with van der Waals surface area (Å²) in [5.41, 5.74) is 0. The number of carbonyl (C=O) groups excluding carboxylic acids is 1. The zero-order valence-electron chi connectivity index (χ0n) is 11.3. The van der Waals surface area contributed by atoms with Crippen LogP contribution in [0.2, 0.25) is 0 Å². The van der Waals surface area contributed by atoms with Crippen LogP contribution in [0.25, 0.3) is 0 Å². The van der Waals surface area contributed by atoms with Crippen molar-refractivity contribution in [2.45, 2.75) is 38.1 Å². The van der Waals surface area contributed by atoms with Gasteiger partial charge in [0, 0.05) is 19.6 Å². The molecule has 5 fully saturated rings. The van der Waals surface area contributed by atoms with Crippen LogP contribution in [0.1, 0.15) is 32.1 Å². The van der Waals surface area contributed by atoms with Crippen LogP contribution in [0.4, 0.5) is 0 Å². The summed E-state index contributed by atoms with van der Waals surface area (Å²) in [7, 11) is 1.96. The Morgan fingerprint density at radius 1 is 1.06 bits per heavy atom. The monoisotopic (exact) mass is 248 g/mol. The summed E-state index contributed by atoms with van der Waals surface area (Å²) in [4.78, 5) is 13.5. The zero-order chi connectivity index (χ0) is 12.3. The molecule has 0 aromatic heterocycles. The van der Waals surface area contributed by atoms with Gasteiger partial charge in [0.05, 0.1) is 6.54 Å². The van der Waals surface area contributed by atoms with Gasteiger partial charge in [-0.15, -0.1) is 0 Å². The Morgan fingerprint density at radius 2 is 1.67 bits per heavy atom. The van der Waals surface area contributed by atoms with Gasteiger partial charge in [-0.2, -0.15) is 0 Å². The molecule has 0 aromatic rings. The van der Waals surface area contributed by atoms with E-state index in [-0.39, 0.29) is 5.91 Å². The largest absolute Gasteiger partial charge is 0.343 e. The lowest BCUT2D eigenvalue weighted by molar-refractivity contribution is -0.134. The molecular formula is C15H24N2O. The summed E-state index contributed by atoms with van der Waals surface area (Å²) >= 11 is 0. The maximum atomic E-state index is 11.6. The van der Waals surface area contributed by atoms with Gasteiger partial charge in [-0.05, 0) is 61.7 Å². The lowest BCUT2D eigenvalue weighted by Gasteiger charge is -2.57. The van der Waals surface area contributed by atoms with E-state index >= 15 is 0 Å². The van der Waals surface area contributed by atoms with E-state index < -0.39 is 0 Å². The number of hydrogen-bond donors (Lipinski definition) is 1. The van der Waals surface area contributed by atoms with Crippen molar-refractivity contribution in [3.05, 3.63) is 0 Å². The van der Waals surface area contributed by atoms with Crippen LogP contribution in [-0.4, -0.2) is 37.0 Å². The first kappa shape index (κ1) is 11.3. The van der Waals surface area contributed by atoms with E-state index in [4.69, 9.17) is 0 Å². The number of likely N-dealkylation sites (N-methyl/N-ethyl adjacent to an activating group) is 1. The number of carbonyl (C=O) groups is 1. The van der Waals surface area contributed by atoms with Gasteiger partial charge in [-0.3, -0.25) is 4.79 Å². The number of rotatable bonds is 1. The van der Waals surface area contributed by atoms with E-state index in [1.807, 2.05) is 11.9 Å². The third kappa shape index (κ3) is 1.63. The fraction of sp³-hybridized carbons (Fsp3) is 0.933. The summed E-state index contributed by atoms with van der Waals surface area (Å²) in [6.07, 6.45) is 7.44. The Bertz CT molecular complexity index is 340. The second kappa shape index (κ2) is 3.96. The number of amides is 1. The molecule has 4 aliphatic carbocycles. The average molecular weight is 248 g/mol. The second-order valence-corrected chi connectivity index (χ2v) is 7.27. The summed E-state index contributed by atoms with van der Waals surface area (Å²) in [6.45, 7) is 1.50. The molecule has 0 spiro atoms. The molecule has 5 aliphatic rings. The summed E-state index contributed by atoms with van der Waals surface area (Å²) in [6, 6.07) is 0.572. The van der Waals surface area contributed by atoms with Crippen molar-refractivity contribution in [2.75, 3.05) is 20.1 Å². The normalized spacial score (nSPS) is 50.9. The minimum Gasteiger partial charge on any atom is -0.343 e. The van der Waals surface area contributed by atoms with Gasteiger partial charge in [0.25, 0.3) is 0 Å². The highest BCUT2D eigenvalue weighted by Crippen LogP contribution is 2.57. The van der Waals surface area contributed by atoms with Crippen LogP contribution in [0.15, 0.2) is 0 Å². The molecule has 1 heterocycles. The lowest BCUT2D eigenvalue weighted by atomic mass is 9.50. The molecular weight excluding hydrogens is 224 g/mol. The van der Waals surface area contributed by atoms with E-state index in [9.17, 15) is 4.79 Å². The third-order valence-corrected chi connectivity index (χ3v) is 6.18. The minimum atomic E-state index is 0.259. The smallest absolute Gasteiger partial charge is 0.236 e. The Hall–Kier alpha value is -0.570. The van der Waals surface area contributed by atoms with Gasteiger partial charge in [0.15, 0.2) is 0 Å². The number of nitrogens with zero attached hydrogens (tertiary/aromatic N) is 1. The van der Waals surface area contributed by atoms with Gasteiger partial charge in [0.1, 0.15) is 0 Å². The van der Waals surface area contributed by atoms with Gasteiger partial charge < -0.3 is 10.2 Å². The lowest BCUT2D eigenvalue weighted by Crippen LogP contribution is -2.60. The minimum absolute atomic E-state index is 0.259. The molecule has 1 saturated heterocycles. The van der Waals surface area contributed by atoms with Crippen LogP contribution in [-0.2, 0) is 4.79 Å². The van der Waals surface area contributed by atoms with Gasteiger partial charge in [-0.1, -0.05) is 0 Å². The Kier molecular flexibility index (Phi) is 2.48. The van der Waals surface area contributed by atoms with Crippen molar-refractivity contribution in [1.82, 2.24) is 10.2 Å². The molecule has 0 aromatic carbocycles. The van der Waals surface area contributed by atoms with E-state index in [0.717, 1.165) is 36.1 Å². The molecule has 100 valence electrons. The maximum absolute atomic E-state index is 11.6. The molecule has 4 saturated carbocycles. The molecule has 1 N–H and O–H groups in total. The third-order valence-electron chi connectivity index (χ3n) is 6.18. The highest BCUT2D eigenvalue weighted by molar-refractivity contribution is 5.78. The topological polar surface area (TPSA) is 32.3 Å². The fourth-order valence-electron chi connectivity index (χ4n) is 5.70. The number of piperazine rings is 1. The van der Waals surface area contributed by atoms with Crippen molar-refractivity contribution in [3.63, 3.8) is 0 Å². The predicted molar refractivity (Wildman–Crippen MR) is 70.0 cm³/mol. The molecule has 1 aliphatic heterocycles. The first-order valence-corrected chi connectivity index (χ1v) is 7.68. The Morgan fingerprint density at radius 3 is 2.22 bits per heavy atom. The van der Waals surface area contributed by atoms with E-state index in [2.05, 4.69) is 5.32 Å². The molecule has 0 radical (unpaired) electrons. The zero-order valence-corrected chi connectivity index (χ0v) is 11.3. The predicted octanol–water partition coefficient (Wildman–Crippen LogP) is 1.49. The summed E-state index contributed by atoms with van der Waals surface area (Å²) < 4.78 is 0. The highest BCUT2D eigenvalue weighted by Gasteiger charge is 2.51. The fourth-order valence-corrected chi connectivity index (χ4v) is 5.70. The van der Waals surface area contributed by atoms with Crippen LogP contribution in [0.5, 0.6) is 0 Å². The SMILES string of the molecule is CN1CC(C2C3CC4CC(C3)CC2C4)NCC1=O. The first-order valence-electron chi connectivity index (χ1n) is 7.68. The number of nitrogens with one attached hydrogen (secondary N) is 1. The second-order valence-electron chi connectivity index (χ2n) is 7.27. The van der Waals surface area contributed by atoms with Crippen molar-refractivity contribution >= 4 is 5.91 Å². The van der Waals surface area contributed by atoms with Gasteiger partial charge in [0.2, 0.25) is 5.91 Å². The van der Waals surface area contributed by atoms with Crippen molar-refractivity contribution in [1.29, 1.82) is 0 Å². The first-order chi connectivity index (χ1) is 8.70. The standard InChI is InChI=1S/C15H24N2O/c1-17-8-13(16-7-14(17)18)15-11-3-9-2-10(5-11)6-12(15)4-9/h9-13,15-16H,2-8H2,1H3. The maximum Gasteiger partial charge on any atom is 0.236 e. The molecule has 1 atom stereocenters. The van der Waals surface area contributed by atoms with Crippen LogP contribution in [0, 0.1) is 29.6 Å². The highest BCUT2D eigenvalue weighted by atomic mass is 16.2. The Balaban J connectivity index is 1.53. The average Bonchev–Trinajstić information content (AvgIpc) is 2.32. The molecule has 4 bridgehead atoms. The van der Waals surface area contributed by atoms with E-state index in [0.29, 0.717) is 12.6 Å². The Labute approximate surface area is 109 Å². The van der Waals surface area contributed by atoms with Crippen molar-refractivity contribution in [3.8, 4) is 0 Å². The molecule has 1 amide bonds. The van der Waals surface area contributed by atoms with Crippen LogP contribution < -0.4 is 5.32 Å².